The summed E-state index contributed by atoms with van der Waals surface area (Å²) in [5.74, 6) is 0.262. The highest BCUT2D eigenvalue weighted by molar-refractivity contribution is 6.29. The predicted octanol–water partition coefficient (Wildman–Crippen LogP) is 2.72. The summed E-state index contributed by atoms with van der Waals surface area (Å²) < 4.78 is 0. The first-order valence-electron chi connectivity index (χ1n) is 6.00. The van der Waals surface area contributed by atoms with Crippen molar-refractivity contribution in [3.05, 3.63) is 57.5 Å². The molecule has 2 aromatic rings. The number of rotatable bonds is 5. The molecule has 2 aromatic heterocycles. The van der Waals surface area contributed by atoms with E-state index in [9.17, 15) is 10.1 Å². The SMILES string of the molecule is CN(CCc1ccccn1)c1nc(Cl)ccc1[N+](=O)[O-]. The lowest BCUT2D eigenvalue weighted by atomic mass is 10.2. The maximum Gasteiger partial charge on any atom is 0.311 e. The van der Waals surface area contributed by atoms with Gasteiger partial charge in [0.25, 0.3) is 0 Å². The molecule has 6 nitrogen and oxygen atoms in total. The Hall–Kier alpha value is -2.21. The van der Waals surface area contributed by atoms with Crippen LogP contribution in [-0.2, 0) is 6.42 Å². The van der Waals surface area contributed by atoms with Crippen LogP contribution in [0.1, 0.15) is 5.69 Å². The van der Waals surface area contributed by atoms with Crippen molar-refractivity contribution in [3.8, 4) is 0 Å². The zero-order chi connectivity index (χ0) is 14.5. The Morgan fingerprint density at radius 3 is 2.80 bits per heavy atom. The summed E-state index contributed by atoms with van der Waals surface area (Å²) >= 11 is 5.81. The fourth-order valence-electron chi connectivity index (χ4n) is 1.78. The Morgan fingerprint density at radius 1 is 1.35 bits per heavy atom. The van der Waals surface area contributed by atoms with Crippen molar-refractivity contribution in [2.24, 2.45) is 0 Å². The largest absolute Gasteiger partial charge is 0.354 e. The number of likely N-dealkylation sites (N-methyl/N-ethyl adjacent to an activating group) is 1. The average molecular weight is 293 g/mol. The van der Waals surface area contributed by atoms with Crippen molar-refractivity contribution in [3.63, 3.8) is 0 Å². The van der Waals surface area contributed by atoms with E-state index < -0.39 is 4.92 Å². The highest BCUT2D eigenvalue weighted by Crippen LogP contribution is 2.26. The van der Waals surface area contributed by atoms with E-state index in [0.29, 0.717) is 13.0 Å². The molecule has 0 N–H and O–H groups in total. The van der Waals surface area contributed by atoms with Gasteiger partial charge in [-0.2, -0.15) is 0 Å². The minimum Gasteiger partial charge on any atom is -0.354 e. The third kappa shape index (κ3) is 3.42. The van der Waals surface area contributed by atoms with E-state index in [-0.39, 0.29) is 16.7 Å². The Balaban J connectivity index is 2.14. The maximum absolute atomic E-state index is 11.0. The smallest absolute Gasteiger partial charge is 0.311 e. The van der Waals surface area contributed by atoms with Gasteiger partial charge in [0, 0.05) is 38.0 Å². The molecule has 2 heterocycles. The van der Waals surface area contributed by atoms with Crippen LogP contribution in [0.5, 0.6) is 0 Å². The Bertz CT molecular complexity index is 607. The van der Waals surface area contributed by atoms with E-state index >= 15 is 0 Å². The van der Waals surface area contributed by atoms with Gasteiger partial charge in [-0.05, 0) is 18.2 Å². The molecule has 0 saturated carbocycles. The Kier molecular flexibility index (Phi) is 4.47. The minimum atomic E-state index is -0.462. The van der Waals surface area contributed by atoms with E-state index in [4.69, 9.17) is 11.6 Å². The van der Waals surface area contributed by atoms with Crippen LogP contribution in [0.3, 0.4) is 0 Å². The van der Waals surface area contributed by atoms with Crippen molar-refractivity contribution in [2.75, 3.05) is 18.5 Å². The molecule has 0 aliphatic carbocycles. The molecule has 0 atom stereocenters. The van der Waals surface area contributed by atoms with Crippen LogP contribution in [0, 0.1) is 10.1 Å². The first-order valence-corrected chi connectivity index (χ1v) is 6.37. The molecule has 0 aliphatic rings. The van der Waals surface area contributed by atoms with Crippen LogP contribution in [0.15, 0.2) is 36.5 Å². The molecule has 7 heteroatoms. The number of hydrogen-bond acceptors (Lipinski definition) is 5. The molecule has 0 bridgehead atoms. The van der Waals surface area contributed by atoms with Gasteiger partial charge in [0.15, 0.2) is 0 Å². The van der Waals surface area contributed by atoms with Gasteiger partial charge in [0.2, 0.25) is 5.82 Å². The highest BCUT2D eigenvalue weighted by atomic mass is 35.5. The second kappa shape index (κ2) is 6.29. The normalized spacial score (nSPS) is 10.3. The molecule has 20 heavy (non-hydrogen) atoms. The molecule has 0 aromatic carbocycles. The van der Waals surface area contributed by atoms with Crippen LogP contribution in [0.2, 0.25) is 5.15 Å². The zero-order valence-electron chi connectivity index (χ0n) is 10.9. The monoisotopic (exact) mass is 292 g/mol. The lowest BCUT2D eigenvalue weighted by Gasteiger charge is -2.17. The maximum atomic E-state index is 11.0. The summed E-state index contributed by atoms with van der Waals surface area (Å²) in [5.41, 5.74) is 0.863. The second-order valence-electron chi connectivity index (χ2n) is 4.23. The van der Waals surface area contributed by atoms with E-state index in [1.807, 2.05) is 18.2 Å². The third-order valence-electron chi connectivity index (χ3n) is 2.81. The van der Waals surface area contributed by atoms with E-state index in [2.05, 4.69) is 9.97 Å². The fourth-order valence-corrected chi connectivity index (χ4v) is 1.92. The van der Waals surface area contributed by atoms with Gasteiger partial charge in [-0.25, -0.2) is 4.98 Å². The minimum absolute atomic E-state index is 0.0575. The molecule has 0 amide bonds. The van der Waals surface area contributed by atoms with Crippen LogP contribution < -0.4 is 4.90 Å². The standard InChI is InChI=1S/C13H13ClN4O2/c1-17(9-7-10-4-2-3-8-15-10)13-11(18(19)20)5-6-12(14)16-13/h2-6,8H,7,9H2,1H3. The van der Waals surface area contributed by atoms with Crippen molar-refractivity contribution in [2.45, 2.75) is 6.42 Å². The van der Waals surface area contributed by atoms with Crippen molar-refractivity contribution >= 4 is 23.1 Å². The fraction of sp³-hybridized carbons (Fsp3) is 0.231. The zero-order valence-corrected chi connectivity index (χ0v) is 11.6. The Morgan fingerprint density at radius 2 is 2.15 bits per heavy atom. The number of nitrogens with zero attached hydrogens (tertiary/aromatic N) is 4. The van der Waals surface area contributed by atoms with Crippen LogP contribution in [-0.4, -0.2) is 28.5 Å². The molecule has 0 saturated heterocycles. The molecule has 0 fully saturated rings. The van der Waals surface area contributed by atoms with Gasteiger partial charge in [-0.15, -0.1) is 0 Å². The predicted molar refractivity (Wildman–Crippen MR) is 77.1 cm³/mol. The summed E-state index contributed by atoms with van der Waals surface area (Å²) in [6.45, 7) is 0.561. The summed E-state index contributed by atoms with van der Waals surface area (Å²) in [5, 5.41) is 11.2. The van der Waals surface area contributed by atoms with E-state index in [1.165, 1.54) is 12.1 Å². The molecular formula is C13H13ClN4O2. The van der Waals surface area contributed by atoms with Gasteiger partial charge in [0.05, 0.1) is 4.92 Å². The summed E-state index contributed by atoms with van der Waals surface area (Å²) in [6, 6.07) is 8.43. The summed E-state index contributed by atoms with van der Waals surface area (Å²) in [7, 11) is 1.74. The molecule has 2 rings (SSSR count). The van der Waals surface area contributed by atoms with E-state index in [0.717, 1.165) is 5.69 Å². The second-order valence-corrected chi connectivity index (χ2v) is 4.61. The first kappa shape index (κ1) is 14.2. The third-order valence-corrected chi connectivity index (χ3v) is 3.02. The van der Waals surface area contributed by atoms with Crippen LogP contribution >= 0.6 is 11.6 Å². The number of pyridine rings is 2. The lowest BCUT2D eigenvalue weighted by Crippen LogP contribution is -2.22. The number of hydrogen-bond donors (Lipinski definition) is 0. The quantitative estimate of drug-likeness (QED) is 0.481. The molecule has 0 spiro atoms. The van der Waals surface area contributed by atoms with E-state index in [1.54, 1.807) is 18.1 Å². The van der Waals surface area contributed by atoms with Crippen LogP contribution in [0.4, 0.5) is 11.5 Å². The molecule has 104 valence electrons. The number of nitro groups is 1. The van der Waals surface area contributed by atoms with Crippen LogP contribution in [0.25, 0.3) is 0 Å². The molecule has 0 unspecified atom stereocenters. The average Bonchev–Trinajstić information content (AvgIpc) is 2.45. The van der Waals surface area contributed by atoms with Gasteiger partial charge in [-0.1, -0.05) is 17.7 Å². The van der Waals surface area contributed by atoms with Gasteiger partial charge < -0.3 is 4.90 Å². The number of halogens is 1. The first-order chi connectivity index (χ1) is 9.58. The van der Waals surface area contributed by atoms with Crippen molar-refractivity contribution in [1.82, 2.24) is 9.97 Å². The van der Waals surface area contributed by atoms with Crippen molar-refractivity contribution < 1.29 is 4.92 Å². The summed E-state index contributed by atoms with van der Waals surface area (Å²) in [6.07, 6.45) is 2.39. The molecular weight excluding hydrogens is 280 g/mol. The number of aromatic nitrogens is 2. The van der Waals surface area contributed by atoms with Gasteiger partial charge in [-0.3, -0.25) is 15.1 Å². The van der Waals surface area contributed by atoms with Crippen molar-refractivity contribution in [1.29, 1.82) is 0 Å². The summed E-state index contributed by atoms with van der Waals surface area (Å²) in [4.78, 5) is 20.5. The highest BCUT2D eigenvalue weighted by Gasteiger charge is 2.19. The molecule has 0 aliphatic heterocycles. The van der Waals surface area contributed by atoms with Gasteiger partial charge in [0.1, 0.15) is 5.15 Å². The topological polar surface area (TPSA) is 72.2 Å². The van der Waals surface area contributed by atoms with Gasteiger partial charge >= 0.3 is 5.69 Å². The number of anilines is 1. The lowest BCUT2D eigenvalue weighted by molar-refractivity contribution is -0.384. The Labute approximate surface area is 121 Å². The molecule has 0 radical (unpaired) electrons.